The normalized spacial score (nSPS) is 10.3. The molecule has 18 heavy (non-hydrogen) atoms. The second-order valence-corrected chi connectivity index (χ2v) is 5.56. The Bertz CT molecular complexity index is 585. The van der Waals surface area contributed by atoms with Gasteiger partial charge in [0, 0.05) is 19.8 Å². The van der Waals surface area contributed by atoms with Crippen LogP contribution in [0.2, 0.25) is 0 Å². The first-order valence-electron chi connectivity index (χ1n) is 4.94. The van der Waals surface area contributed by atoms with Crippen LogP contribution in [0.4, 0.5) is 5.69 Å². The van der Waals surface area contributed by atoms with Crippen LogP contribution in [0.1, 0.15) is 16.2 Å². The van der Waals surface area contributed by atoms with Gasteiger partial charge in [0.1, 0.15) is 0 Å². The fraction of sp³-hybridized carbons (Fsp3) is 0.0909. The maximum atomic E-state index is 10.6. The lowest BCUT2D eigenvalue weighted by Gasteiger charge is -2.06. The van der Waals surface area contributed by atoms with Gasteiger partial charge in [-0.05, 0) is 56.7 Å². The Kier molecular flexibility index (Phi) is 4.23. The SMILES string of the molecule is O=C(O)c1cc(CNc2ccc(I)cc2Br)on1. The molecule has 2 rings (SSSR count). The second kappa shape index (κ2) is 5.70. The van der Waals surface area contributed by atoms with Gasteiger partial charge in [-0.25, -0.2) is 4.79 Å². The Morgan fingerprint density at radius 1 is 1.50 bits per heavy atom. The van der Waals surface area contributed by atoms with Gasteiger partial charge >= 0.3 is 5.97 Å². The minimum absolute atomic E-state index is 0.0894. The van der Waals surface area contributed by atoms with Crippen LogP contribution in [0, 0.1) is 3.57 Å². The fourth-order valence-electron chi connectivity index (χ4n) is 1.31. The molecule has 0 atom stereocenters. The van der Waals surface area contributed by atoms with Crippen molar-refractivity contribution in [1.29, 1.82) is 0 Å². The van der Waals surface area contributed by atoms with E-state index in [0.717, 1.165) is 13.7 Å². The van der Waals surface area contributed by atoms with E-state index in [1.165, 1.54) is 6.07 Å². The number of rotatable bonds is 4. The molecule has 2 aromatic rings. The van der Waals surface area contributed by atoms with E-state index in [9.17, 15) is 4.79 Å². The van der Waals surface area contributed by atoms with Crippen molar-refractivity contribution >= 4 is 50.2 Å². The summed E-state index contributed by atoms with van der Waals surface area (Å²) in [5.41, 5.74) is 0.817. The molecule has 0 fully saturated rings. The van der Waals surface area contributed by atoms with Crippen LogP contribution in [-0.4, -0.2) is 16.2 Å². The molecule has 0 aliphatic carbocycles. The number of aromatic nitrogens is 1. The van der Waals surface area contributed by atoms with Crippen LogP contribution in [0.25, 0.3) is 0 Å². The summed E-state index contributed by atoms with van der Waals surface area (Å²) in [5.74, 6) is -0.627. The average Bonchev–Trinajstić information content (AvgIpc) is 2.76. The van der Waals surface area contributed by atoms with E-state index in [4.69, 9.17) is 9.63 Å². The first-order chi connectivity index (χ1) is 8.56. The molecular weight excluding hydrogens is 415 g/mol. The monoisotopic (exact) mass is 422 g/mol. The molecule has 1 aromatic heterocycles. The molecule has 0 unspecified atom stereocenters. The number of aromatic carboxylic acids is 1. The lowest BCUT2D eigenvalue weighted by molar-refractivity contribution is 0.0685. The van der Waals surface area contributed by atoms with Crippen molar-refractivity contribution in [2.45, 2.75) is 6.54 Å². The van der Waals surface area contributed by atoms with Crippen LogP contribution in [-0.2, 0) is 6.54 Å². The highest BCUT2D eigenvalue weighted by molar-refractivity contribution is 14.1. The minimum atomic E-state index is -1.10. The number of nitrogens with zero attached hydrogens (tertiary/aromatic N) is 1. The highest BCUT2D eigenvalue weighted by atomic mass is 127. The molecule has 0 radical (unpaired) electrons. The summed E-state index contributed by atoms with van der Waals surface area (Å²) in [6.07, 6.45) is 0. The summed E-state index contributed by atoms with van der Waals surface area (Å²) in [6.45, 7) is 0.374. The van der Waals surface area contributed by atoms with Crippen LogP contribution in [0.3, 0.4) is 0 Å². The smallest absolute Gasteiger partial charge is 0.358 e. The van der Waals surface area contributed by atoms with Gasteiger partial charge < -0.3 is 14.9 Å². The number of halogens is 2. The van der Waals surface area contributed by atoms with Crippen molar-refractivity contribution in [3.63, 3.8) is 0 Å². The molecule has 7 heteroatoms. The first-order valence-corrected chi connectivity index (χ1v) is 6.81. The minimum Gasteiger partial charge on any atom is -0.476 e. The number of benzene rings is 1. The molecule has 0 aliphatic rings. The second-order valence-electron chi connectivity index (χ2n) is 3.46. The third-order valence-electron chi connectivity index (χ3n) is 2.16. The molecular formula is C11H8BrIN2O3. The highest BCUT2D eigenvalue weighted by Crippen LogP contribution is 2.24. The van der Waals surface area contributed by atoms with E-state index >= 15 is 0 Å². The van der Waals surface area contributed by atoms with Crippen molar-refractivity contribution in [3.8, 4) is 0 Å². The summed E-state index contributed by atoms with van der Waals surface area (Å²) in [5, 5.41) is 15.3. The Hall–Kier alpha value is -1.09. The lowest BCUT2D eigenvalue weighted by atomic mass is 10.3. The van der Waals surface area contributed by atoms with Crippen LogP contribution < -0.4 is 5.32 Å². The van der Waals surface area contributed by atoms with Crippen molar-refractivity contribution in [3.05, 3.63) is 43.8 Å². The standard InChI is InChI=1S/C11H8BrIN2O3/c12-8-3-6(13)1-2-9(8)14-5-7-4-10(11(16)17)15-18-7/h1-4,14H,5H2,(H,16,17). The third-order valence-corrected chi connectivity index (χ3v) is 3.49. The van der Waals surface area contributed by atoms with Crippen LogP contribution >= 0.6 is 38.5 Å². The van der Waals surface area contributed by atoms with Crippen LogP contribution in [0.15, 0.2) is 33.3 Å². The molecule has 0 amide bonds. The maximum absolute atomic E-state index is 10.6. The van der Waals surface area contributed by atoms with Crippen LogP contribution in [0.5, 0.6) is 0 Å². The predicted molar refractivity (Wildman–Crippen MR) is 77.6 cm³/mol. The van der Waals surface area contributed by atoms with Gasteiger partial charge in [-0.3, -0.25) is 0 Å². The number of carbonyl (C=O) groups is 1. The molecule has 0 bridgehead atoms. The largest absolute Gasteiger partial charge is 0.476 e. The van der Waals surface area contributed by atoms with E-state index in [1.54, 1.807) is 0 Å². The van der Waals surface area contributed by atoms with E-state index in [0.29, 0.717) is 12.3 Å². The Morgan fingerprint density at radius 3 is 2.89 bits per heavy atom. The van der Waals surface area contributed by atoms with Gasteiger partial charge in [0.05, 0.1) is 6.54 Å². The Morgan fingerprint density at radius 2 is 2.28 bits per heavy atom. The van der Waals surface area contributed by atoms with Crippen molar-refractivity contribution < 1.29 is 14.4 Å². The number of anilines is 1. The summed E-state index contributed by atoms with van der Waals surface area (Å²) >= 11 is 5.66. The van der Waals surface area contributed by atoms with E-state index < -0.39 is 5.97 Å². The average molecular weight is 423 g/mol. The topological polar surface area (TPSA) is 75.4 Å². The van der Waals surface area contributed by atoms with Gasteiger partial charge in [0.25, 0.3) is 0 Å². The predicted octanol–water partition coefficient (Wildman–Crippen LogP) is 3.35. The van der Waals surface area contributed by atoms with Gasteiger partial charge in [-0.15, -0.1) is 0 Å². The zero-order valence-corrected chi connectivity index (χ0v) is 12.7. The van der Waals surface area contributed by atoms with Gasteiger partial charge in [0.15, 0.2) is 11.5 Å². The molecule has 1 aromatic carbocycles. The summed E-state index contributed by atoms with van der Waals surface area (Å²) in [6, 6.07) is 7.28. The summed E-state index contributed by atoms with van der Waals surface area (Å²) in [4.78, 5) is 10.6. The van der Waals surface area contributed by atoms with E-state index in [-0.39, 0.29) is 5.69 Å². The van der Waals surface area contributed by atoms with Crippen molar-refractivity contribution in [2.24, 2.45) is 0 Å². The molecule has 0 saturated carbocycles. The number of hydrogen-bond acceptors (Lipinski definition) is 4. The van der Waals surface area contributed by atoms with Crippen molar-refractivity contribution in [1.82, 2.24) is 5.16 Å². The fourth-order valence-corrected chi connectivity index (χ4v) is 2.75. The summed E-state index contributed by atoms with van der Waals surface area (Å²) < 4.78 is 6.96. The maximum Gasteiger partial charge on any atom is 0.358 e. The molecule has 94 valence electrons. The molecule has 1 heterocycles. The Balaban J connectivity index is 2.04. The van der Waals surface area contributed by atoms with Gasteiger partial charge in [-0.1, -0.05) is 5.16 Å². The highest BCUT2D eigenvalue weighted by Gasteiger charge is 2.10. The van der Waals surface area contributed by atoms with E-state index in [2.05, 4.69) is 49.0 Å². The van der Waals surface area contributed by atoms with Gasteiger partial charge in [-0.2, -0.15) is 0 Å². The third kappa shape index (κ3) is 3.22. The summed E-state index contributed by atoms with van der Waals surface area (Å²) in [7, 11) is 0. The zero-order valence-electron chi connectivity index (χ0n) is 8.98. The lowest BCUT2D eigenvalue weighted by Crippen LogP contribution is -1.99. The van der Waals surface area contributed by atoms with E-state index in [1.807, 2.05) is 18.2 Å². The first kappa shape index (κ1) is 13.3. The number of hydrogen-bond donors (Lipinski definition) is 2. The zero-order chi connectivity index (χ0) is 13.1. The molecule has 0 aliphatic heterocycles. The van der Waals surface area contributed by atoms with Crippen molar-refractivity contribution in [2.75, 3.05) is 5.32 Å². The molecule has 0 spiro atoms. The van der Waals surface area contributed by atoms with Gasteiger partial charge in [0.2, 0.25) is 0 Å². The number of carboxylic acid groups (broad SMARTS) is 1. The molecule has 0 saturated heterocycles. The molecule has 5 nitrogen and oxygen atoms in total. The molecule has 2 N–H and O–H groups in total. The Labute approximate surface area is 125 Å². The quantitative estimate of drug-likeness (QED) is 0.739. The number of carboxylic acids is 1. The number of nitrogens with one attached hydrogen (secondary N) is 1.